The second kappa shape index (κ2) is 6.40. The first-order chi connectivity index (χ1) is 17.2. The number of nitrogens with zero attached hydrogens (tertiary/aromatic N) is 2. The lowest BCUT2D eigenvalue weighted by Crippen LogP contribution is -2.39. The fourth-order valence-electron chi connectivity index (χ4n) is 1.47. The Morgan fingerprint density at radius 1 is 1.54 bits per heavy atom. The number of carbonyl (C=O) groups excluding carboxylic acids is 1. The highest BCUT2D eigenvalue weighted by Gasteiger charge is 2.26. The molecule has 0 spiro atoms. The van der Waals surface area contributed by atoms with Gasteiger partial charge in [-0.3, -0.25) is 14.2 Å². The summed E-state index contributed by atoms with van der Waals surface area (Å²) in [6.07, 6.45) is 0. The van der Waals surface area contributed by atoms with Crippen molar-refractivity contribution in [3.63, 3.8) is 0 Å². The number of hydrogen-bond acceptors (Lipinski definition) is 5. The second-order valence-corrected chi connectivity index (χ2v) is 4.35. The summed E-state index contributed by atoms with van der Waals surface area (Å²) >= 11 is 0. The molecule has 2 rings (SSSR count). The molecule has 2 aromatic rings. The van der Waals surface area contributed by atoms with E-state index in [0.717, 1.165) is 0 Å². The third-order valence-corrected chi connectivity index (χ3v) is 2.52. The van der Waals surface area contributed by atoms with Crippen LogP contribution in [-0.2, 0) is 19.0 Å². The van der Waals surface area contributed by atoms with E-state index in [9.17, 15) is 19.1 Å². The van der Waals surface area contributed by atoms with Crippen molar-refractivity contribution >= 4 is 5.91 Å². The van der Waals surface area contributed by atoms with Crippen LogP contribution in [0.3, 0.4) is 0 Å². The van der Waals surface area contributed by atoms with Crippen LogP contribution < -0.4 is 16.6 Å². The predicted molar refractivity (Wildman–Crippen MR) is 85.9 cm³/mol. The van der Waals surface area contributed by atoms with Crippen molar-refractivity contribution in [1.29, 1.82) is 0 Å². The van der Waals surface area contributed by atoms with Crippen LogP contribution in [0.25, 0.3) is 0 Å². The summed E-state index contributed by atoms with van der Waals surface area (Å²) in [7, 11) is 0. The quantitative estimate of drug-likeness (QED) is 0.754. The average Bonchev–Trinajstić information content (AvgIpc) is 2.74. The number of hydrogen-bond donors (Lipinski definition) is 3. The van der Waals surface area contributed by atoms with Gasteiger partial charge >= 0.3 is 0 Å². The fourth-order valence-corrected chi connectivity index (χ4v) is 1.47. The van der Waals surface area contributed by atoms with E-state index in [1.165, 1.54) is 5.32 Å². The third-order valence-electron chi connectivity index (χ3n) is 2.52. The number of nitrogens with two attached hydrogens (primary N) is 1. The maximum atomic E-state index is 13.9. The van der Waals surface area contributed by atoms with Crippen molar-refractivity contribution in [3.05, 3.63) is 57.4 Å². The molecule has 0 fully saturated rings. The Balaban J connectivity index is 2.91. The molecule has 0 radical (unpaired) electrons. The lowest BCUT2D eigenvalue weighted by molar-refractivity contribution is 0.0941. The van der Waals surface area contributed by atoms with Gasteiger partial charge in [0, 0.05) is 25.8 Å². The number of rotatable bonds is 4. The Morgan fingerprint density at radius 3 is 2.79 bits per heavy atom. The van der Waals surface area contributed by atoms with Crippen molar-refractivity contribution in [2.45, 2.75) is 25.7 Å². The van der Waals surface area contributed by atoms with Gasteiger partial charge in [-0.05, 0) is 31.4 Å². The van der Waals surface area contributed by atoms with Gasteiger partial charge in [-0.2, -0.15) is 0 Å². The molecule has 0 aliphatic heterocycles. The minimum atomic E-state index is -3.81. The number of carbonyl (C=O) groups is 1. The molecule has 1 aromatic carbocycles. The highest BCUT2D eigenvalue weighted by molar-refractivity contribution is 5.94. The largest absolute Gasteiger partial charge is 0.501 e. The van der Waals surface area contributed by atoms with Crippen molar-refractivity contribution in [2.75, 3.05) is 0 Å². The molecule has 0 aliphatic rings. The number of nitrogens with one attached hydrogen (secondary N) is 1. The molecule has 0 aliphatic carbocycles. The number of benzene rings is 1. The molecule has 128 valence electrons. The van der Waals surface area contributed by atoms with Gasteiger partial charge in [0.05, 0.1) is 13.8 Å². The van der Waals surface area contributed by atoms with Gasteiger partial charge in [0.15, 0.2) is 5.69 Å². The van der Waals surface area contributed by atoms with Gasteiger partial charge in [-0.15, -0.1) is 0 Å². The standard InChI is InChI=1S/C16H19FN4O3/c1-16(2,18)15-20-11(12(22)14(24)21(15)3)13(23)19-8-9-4-6-10(17)7-5-9/h4-7,22H,8,18H2,1-3H3,(H,19,23)/i1D3,2D3,3D3,4D,5D,6D,7D,8D2. The Morgan fingerprint density at radius 2 is 2.21 bits per heavy atom. The van der Waals surface area contributed by atoms with Crippen LogP contribution in [0.2, 0.25) is 0 Å². The minimum absolute atomic E-state index is 0.519. The van der Waals surface area contributed by atoms with Gasteiger partial charge in [0.1, 0.15) is 11.6 Å². The zero-order chi connectivity index (χ0) is 30.8. The van der Waals surface area contributed by atoms with E-state index in [0.29, 0.717) is 0 Å². The molecule has 24 heavy (non-hydrogen) atoms. The molecule has 0 saturated heterocycles. The Bertz CT molecular complexity index is 1350. The molecular formula is C16H19FN4O3. The van der Waals surface area contributed by atoms with Crippen molar-refractivity contribution in [1.82, 2.24) is 14.9 Å². The van der Waals surface area contributed by atoms with Gasteiger partial charge in [-0.25, -0.2) is 9.37 Å². The van der Waals surface area contributed by atoms with Crippen molar-refractivity contribution in [2.24, 2.45) is 12.7 Å². The Kier molecular flexibility index (Phi) is 1.68. The van der Waals surface area contributed by atoms with Crippen LogP contribution in [0, 0.1) is 5.82 Å². The molecule has 7 nitrogen and oxygen atoms in total. The summed E-state index contributed by atoms with van der Waals surface area (Å²) in [5.41, 5.74) is -2.95. The van der Waals surface area contributed by atoms with Gasteiger partial charge in [0.2, 0.25) is 5.75 Å². The van der Waals surface area contributed by atoms with E-state index in [1.807, 2.05) is 0 Å². The molecule has 1 aromatic heterocycles. The van der Waals surface area contributed by atoms with E-state index >= 15 is 0 Å². The summed E-state index contributed by atoms with van der Waals surface area (Å²) in [6.45, 7) is -14.8. The SMILES string of the molecule is [2H]c1c([2H])c(C([2H])([2H])NC(=O)c2nc(C(N)(C([2H])([2H])[2H])C([2H])([2H])[2H])n(C([2H])([2H])[2H])c(=O)c2O)c([2H])c([2H])c1F. The highest BCUT2D eigenvalue weighted by atomic mass is 19.1. The van der Waals surface area contributed by atoms with Crippen LogP contribution >= 0.6 is 0 Å². The Hall–Kier alpha value is -2.74. The number of amides is 1. The molecule has 1 heterocycles. The minimum Gasteiger partial charge on any atom is -0.501 e. The molecule has 0 unspecified atom stereocenters. The van der Waals surface area contributed by atoms with Gasteiger partial charge < -0.3 is 16.2 Å². The van der Waals surface area contributed by atoms with Gasteiger partial charge in [-0.1, -0.05) is 12.1 Å². The average molecular weight is 349 g/mol. The van der Waals surface area contributed by atoms with E-state index in [2.05, 4.69) is 4.98 Å². The van der Waals surface area contributed by atoms with Crippen molar-refractivity contribution < 1.29 is 34.9 Å². The number of halogens is 1. The summed E-state index contributed by atoms with van der Waals surface area (Å²) in [5.74, 6) is -7.10. The zero-order valence-corrected chi connectivity index (χ0v) is 11.6. The van der Waals surface area contributed by atoms with E-state index in [1.54, 1.807) is 0 Å². The lowest BCUT2D eigenvalue weighted by Gasteiger charge is -2.21. The Labute approximate surface area is 159 Å². The van der Waals surface area contributed by atoms with Crippen molar-refractivity contribution in [3.8, 4) is 5.75 Å². The molecule has 0 saturated carbocycles. The summed E-state index contributed by atoms with van der Waals surface area (Å²) in [5, 5.41) is 11.7. The molecular weight excluding hydrogens is 315 g/mol. The number of aromatic nitrogens is 2. The van der Waals surface area contributed by atoms with Crippen LogP contribution in [0.15, 0.2) is 29.0 Å². The highest BCUT2D eigenvalue weighted by Crippen LogP contribution is 2.17. The first-order valence-corrected chi connectivity index (χ1v) is 5.98. The second-order valence-electron chi connectivity index (χ2n) is 4.35. The molecule has 0 bridgehead atoms. The monoisotopic (exact) mass is 349 g/mol. The molecule has 8 heteroatoms. The van der Waals surface area contributed by atoms with Crippen LogP contribution in [0.4, 0.5) is 4.39 Å². The fraction of sp³-hybridized carbons (Fsp3) is 0.312. The van der Waals surface area contributed by atoms with E-state index < -0.39 is 102 Å². The topological polar surface area (TPSA) is 110 Å². The first kappa shape index (κ1) is 6.29. The normalized spacial score (nSPS) is 22.7. The smallest absolute Gasteiger partial charge is 0.296 e. The van der Waals surface area contributed by atoms with Crippen LogP contribution in [-0.4, -0.2) is 20.6 Å². The van der Waals surface area contributed by atoms with Gasteiger partial charge in [0.25, 0.3) is 11.5 Å². The maximum Gasteiger partial charge on any atom is 0.296 e. The van der Waals surface area contributed by atoms with Crippen LogP contribution in [0.1, 0.15) is 56.1 Å². The third kappa shape index (κ3) is 3.60. The van der Waals surface area contributed by atoms with Crippen LogP contribution in [0.5, 0.6) is 5.75 Å². The predicted octanol–water partition coefficient (Wildman–Crippen LogP) is 0.749. The summed E-state index contributed by atoms with van der Waals surface area (Å²) in [6, 6.07) is -5.15. The molecule has 1 amide bonds. The molecule has 0 atom stereocenters. The lowest BCUT2D eigenvalue weighted by atomic mass is 10.1. The summed E-state index contributed by atoms with van der Waals surface area (Å²) in [4.78, 5) is 29.0. The first-order valence-electron chi connectivity index (χ1n) is 13.5. The molecule has 4 N–H and O–H groups in total. The summed E-state index contributed by atoms with van der Waals surface area (Å²) < 4.78 is 128. The number of aromatic hydroxyl groups is 1. The van der Waals surface area contributed by atoms with E-state index in [4.69, 9.17) is 26.3 Å². The van der Waals surface area contributed by atoms with E-state index in [-0.39, 0.29) is 0 Å². The zero-order valence-electron chi connectivity index (χ0n) is 26.6. The maximum absolute atomic E-state index is 13.9.